The van der Waals surface area contributed by atoms with Crippen LogP contribution in [0.5, 0.6) is 5.75 Å². The number of rotatable bonds is 7. The summed E-state index contributed by atoms with van der Waals surface area (Å²) in [6, 6.07) is 13.6. The molecule has 0 saturated heterocycles. The van der Waals surface area contributed by atoms with Crippen molar-refractivity contribution in [2.24, 2.45) is 11.7 Å². The van der Waals surface area contributed by atoms with E-state index in [-0.39, 0.29) is 18.3 Å². The fourth-order valence-corrected chi connectivity index (χ4v) is 3.95. The lowest BCUT2D eigenvalue weighted by atomic mass is 10.0. The summed E-state index contributed by atoms with van der Waals surface area (Å²) in [5.41, 5.74) is 4.35. The Balaban J connectivity index is 1.69. The average molecular weight is 486 g/mol. The zero-order valence-electron chi connectivity index (χ0n) is 19.1. The number of hydrogen-bond donors (Lipinski definition) is 3. The fraction of sp³-hybridized carbons (Fsp3) is 0.280. The van der Waals surface area contributed by atoms with Crippen LogP contribution in [-0.2, 0) is 19.2 Å². The molecule has 2 aromatic carbocycles. The number of urea groups is 1. The lowest BCUT2D eigenvalue weighted by Gasteiger charge is -2.23. The van der Waals surface area contributed by atoms with Crippen molar-refractivity contribution < 1.29 is 22.7 Å². The molecule has 2 amide bonds. The minimum atomic E-state index is -4.65. The zero-order chi connectivity index (χ0) is 25.2. The Morgan fingerprint density at radius 3 is 2.57 bits per heavy atom. The van der Waals surface area contributed by atoms with E-state index in [2.05, 4.69) is 4.98 Å². The topological polar surface area (TPSA) is 106 Å². The highest BCUT2D eigenvalue weighted by Crippen LogP contribution is 2.44. The van der Waals surface area contributed by atoms with E-state index in [1.54, 1.807) is 30.3 Å². The maximum absolute atomic E-state index is 14.0. The third kappa shape index (κ3) is 5.39. The minimum Gasteiger partial charge on any atom is -0.488 e. The summed E-state index contributed by atoms with van der Waals surface area (Å²) in [5, 5.41) is 0.824. The molecule has 3 aromatic rings. The second-order valence-corrected chi connectivity index (χ2v) is 8.30. The third-order valence-electron chi connectivity index (χ3n) is 5.93. The number of hydrogen-bond acceptors (Lipinski definition) is 5. The van der Waals surface area contributed by atoms with Gasteiger partial charge < -0.3 is 4.74 Å². The van der Waals surface area contributed by atoms with Crippen molar-refractivity contribution in [2.45, 2.75) is 44.9 Å². The Bertz CT molecular complexity index is 1230. The Morgan fingerprint density at radius 2 is 1.91 bits per heavy atom. The normalized spacial score (nSPS) is 13.4. The van der Waals surface area contributed by atoms with Crippen LogP contribution in [0, 0.1) is 0 Å². The van der Waals surface area contributed by atoms with Crippen LogP contribution in [0.3, 0.4) is 0 Å². The Hall–Kier alpha value is -3.63. The number of aromatic nitrogens is 1. The van der Waals surface area contributed by atoms with Crippen LogP contribution in [0.15, 0.2) is 54.6 Å². The van der Waals surface area contributed by atoms with Gasteiger partial charge in [0.1, 0.15) is 12.4 Å². The van der Waals surface area contributed by atoms with Gasteiger partial charge in [-0.05, 0) is 67.1 Å². The zero-order valence-corrected chi connectivity index (χ0v) is 19.1. The molecule has 1 saturated carbocycles. The van der Waals surface area contributed by atoms with Crippen LogP contribution in [0.1, 0.15) is 48.1 Å². The molecule has 1 aliphatic carbocycles. The van der Waals surface area contributed by atoms with Gasteiger partial charge in [0.2, 0.25) is 0 Å². The molecule has 4 rings (SSSR count). The monoisotopic (exact) mass is 485 g/mol. The van der Waals surface area contributed by atoms with Crippen molar-refractivity contribution in [2.75, 3.05) is 5.01 Å². The fourth-order valence-electron chi connectivity index (χ4n) is 3.95. The molecule has 35 heavy (non-hydrogen) atoms. The summed E-state index contributed by atoms with van der Waals surface area (Å²) in [4.78, 5) is 16.4. The number of aryl methyl sites for hydroxylation is 1. The predicted molar refractivity (Wildman–Crippen MR) is 126 cm³/mol. The molecular weight excluding hydrogens is 459 g/mol. The third-order valence-corrected chi connectivity index (χ3v) is 5.93. The van der Waals surface area contributed by atoms with E-state index in [1.165, 1.54) is 6.07 Å². The number of amides is 2. The number of carbonyl (C=O) groups is 1. The Labute approximate surface area is 200 Å². The van der Waals surface area contributed by atoms with E-state index < -0.39 is 17.8 Å². The molecule has 7 nitrogen and oxygen atoms in total. The molecule has 1 heterocycles. The second-order valence-electron chi connectivity index (χ2n) is 8.30. The summed E-state index contributed by atoms with van der Waals surface area (Å²) in [5.74, 6) is 11.0. The quantitative estimate of drug-likeness (QED) is 0.247. The summed E-state index contributed by atoms with van der Waals surface area (Å²) in [6.07, 6.45) is -2.09. The van der Waals surface area contributed by atoms with Gasteiger partial charge in [0.25, 0.3) is 0 Å². The highest BCUT2D eigenvalue weighted by molar-refractivity contribution is 5.91. The number of hydrazine groups is 2. The van der Waals surface area contributed by atoms with Crippen LogP contribution >= 0.6 is 0 Å². The summed E-state index contributed by atoms with van der Waals surface area (Å²) in [6.45, 7) is 1.72. The van der Waals surface area contributed by atoms with Crippen LogP contribution in [0.4, 0.5) is 23.7 Å². The van der Waals surface area contributed by atoms with Gasteiger partial charge in [-0.3, -0.25) is 10.4 Å². The van der Waals surface area contributed by atoms with Crippen molar-refractivity contribution in [1.29, 1.82) is 0 Å². The number of pyridine rings is 1. The maximum Gasteiger partial charge on any atom is 0.419 e. The molecule has 0 bridgehead atoms. The first-order chi connectivity index (χ1) is 16.7. The largest absolute Gasteiger partial charge is 0.488 e. The molecule has 0 spiro atoms. The number of carbonyl (C=O) groups excluding carboxylic acids is 1. The molecule has 1 aliphatic rings. The van der Waals surface area contributed by atoms with Crippen molar-refractivity contribution in [3.8, 4) is 17.0 Å². The average Bonchev–Trinajstić information content (AvgIpc) is 3.71. The summed E-state index contributed by atoms with van der Waals surface area (Å²) in [7, 11) is 0. The minimum absolute atomic E-state index is 0.209. The summed E-state index contributed by atoms with van der Waals surface area (Å²) >= 11 is 0. The molecule has 0 unspecified atom stereocenters. The number of nitrogens with zero attached hydrogens (tertiary/aromatic N) is 2. The van der Waals surface area contributed by atoms with Gasteiger partial charge in [-0.15, -0.1) is 0 Å². The molecule has 1 aromatic heterocycles. The highest BCUT2D eigenvalue weighted by Gasteiger charge is 2.35. The lowest BCUT2D eigenvalue weighted by molar-refractivity contribution is -0.139. The molecule has 10 heteroatoms. The molecule has 0 atom stereocenters. The van der Waals surface area contributed by atoms with Gasteiger partial charge in [-0.1, -0.05) is 25.1 Å². The smallest absolute Gasteiger partial charge is 0.419 e. The molecule has 5 N–H and O–H groups in total. The van der Waals surface area contributed by atoms with Crippen LogP contribution < -0.4 is 26.9 Å². The van der Waals surface area contributed by atoms with Crippen molar-refractivity contribution in [1.82, 2.24) is 10.4 Å². The van der Waals surface area contributed by atoms with Crippen LogP contribution in [0.2, 0.25) is 0 Å². The van der Waals surface area contributed by atoms with E-state index in [9.17, 15) is 18.0 Å². The number of alkyl halides is 3. The SMILES string of the molecule is CCc1cccc(-c2ccc(OCc3c(C4CC4)cccc3N(N)C(=O)NN)c(C(F)(F)F)c2)n1. The number of nitrogens with two attached hydrogens (primary N) is 2. The van der Waals surface area contributed by atoms with E-state index in [0.717, 1.165) is 35.2 Å². The molecule has 1 fully saturated rings. The molecule has 0 aliphatic heterocycles. The van der Waals surface area contributed by atoms with E-state index >= 15 is 0 Å². The highest BCUT2D eigenvalue weighted by atomic mass is 19.4. The van der Waals surface area contributed by atoms with Gasteiger partial charge >= 0.3 is 12.2 Å². The lowest BCUT2D eigenvalue weighted by Crippen LogP contribution is -2.48. The van der Waals surface area contributed by atoms with Gasteiger partial charge in [-0.2, -0.15) is 13.2 Å². The van der Waals surface area contributed by atoms with Crippen molar-refractivity contribution in [3.63, 3.8) is 0 Å². The molecule has 184 valence electrons. The van der Waals surface area contributed by atoms with Gasteiger partial charge in [-0.25, -0.2) is 21.5 Å². The van der Waals surface area contributed by atoms with E-state index in [4.69, 9.17) is 16.4 Å². The summed E-state index contributed by atoms with van der Waals surface area (Å²) < 4.78 is 47.7. The van der Waals surface area contributed by atoms with Gasteiger partial charge in [0.15, 0.2) is 0 Å². The number of nitrogens with one attached hydrogen (secondary N) is 1. The van der Waals surface area contributed by atoms with E-state index in [0.29, 0.717) is 28.9 Å². The van der Waals surface area contributed by atoms with E-state index in [1.807, 2.05) is 24.5 Å². The first kappa shape index (κ1) is 24.5. The number of anilines is 1. The van der Waals surface area contributed by atoms with Crippen LogP contribution in [0.25, 0.3) is 11.3 Å². The first-order valence-electron chi connectivity index (χ1n) is 11.2. The standard InChI is InChI=1S/C25H26F3N5O2/c1-2-17-5-3-7-21(31-17)16-11-12-23(20(13-16)25(26,27)28)35-14-19-18(15-9-10-15)6-4-8-22(19)33(30)24(34)32-29/h3-8,11-13,15H,2,9-10,14,29-30H2,1H3,(H,32,34). The number of benzene rings is 2. The molecule has 0 radical (unpaired) electrons. The maximum atomic E-state index is 14.0. The van der Waals surface area contributed by atoms with Crippen molar-refractivity contribution in [3.05, 3.63) is 77.0 Å². The first-order valence-corrected chi connectivity index (χ1v) is 11.2. The van der Waals surface area contributed by atoms with Crippen molar-refractivity contribution >= 4 is 11.7 Å². The van der Waals surface area contributed by atoms with Gasteiger partial charge in [0, 0.05) is 16.8 Å². The van der Waals surface area contributed by atoms with Crippen LogP contribution in [-0.4, -0.2) is 11.0 Å². The Kier molecular flexibility index (Phi) is 6.95. The predicted octanol–water partition coefficient (Wildman–Crippen LogP) is 5.05. The Morgan fingerprint density at radius 1 is 1.17 bits per heavy atom. The number of ether oxygens (including phenoxy) is 1. The second kappa shape index (κ2) is 9.93. The number of halogens is 3. The van der Waals surface area contributed by atoms with Gasteiger partial charge in [0.05, 0.1) is 16.9 Å². The molecular formula is C25H26F3N5O2.